The molecule has 2 aromatic rings. The molecule has 126 valence electrons. The van der Waals surface area contributed by atoms with Crippen LogP contribution >= 0.6 is 0 Å². The first kappa shape index (κ1) is 16.1. The number of hydrogen-bond donors (Lipinski definition) is 0. The quantitative estimate of drug-likeness (QED) is 0.653. The fourth-order valence-electron chi connectivity index (χ4n) is 4.79. The van der Waals surface area contributed by atoms with Crippen molar-refractivity contribution in [3.63, 3.8) is 0 Å². The number of hydrogen-bond acceptors (Lipinski definition) is 1. The van der Waals surface area contributed by atoms with E-state index in [1.807, 2.05) is 0 Å². The lowest BCUT2D eigenvalue weighted by Gasteiger charge is -2.38. The van der Waals surface area contributed by atoms with E-state index < -0.39 is 0 Å². The summed E-state index contributed by atoms with van der Waals surface area (Å²) in [6.45, 7) is 4.47. The molecule has 0 bridgehead atoms. The summed E-state index contributed by atoms with van der Waals surface area (Å²) in [6, 6.07) is 21.3. The SMILES string of the molecule is CC1=C(C)C2(CCCC(=O)C2)C(c2ccccc2)=C1c1ccccc1. The van der Waals surface area contributed by atoms with Crippen LogP contribution in [0.25, 0.3) is 11.1 Å². The molecule has 0 saturated heterocycles. The van der Waals surface area contributed by atoms with Gasteiger partial charge in [-0.3, -0.25) is 4.79 Å². The molecule has 0 N–H and O–H groups in total. The Balaban J connectivity index is 2.02. The van der Waals surface area contributed by atoms with E-state index in [0.29, 0.717) is 12.2 Å². The molecule has 0 amide bonds. The molecule has 0 aliphatic heterocycles. The van der Waals surface area contributed by atoms with Gasteiger partial charge in [0.1, 0.15) is 5.78 Å². The van der Waals surface area contributed by atoms with Crippen LogP contribution in [0.2, 0.25) is 0 Å². The third-order valence-corrected chi connectivity index (χ3v) is 6.07. The molecule has 1 atom stereocenters. The molecule has 1 heteroatoms. The predicted octanol–water partition coefficient (Wildman–Crippen LogP) is 6.08. The molecule has 2 aliphatic carbocycles. The van der Waals surface area contributed by atoms with Crippen LogP contribution in [-0.2, 0) is 4.79 Å². The molecular formula is C24H24O. The molecule has 2 aliphatic rings. The Bertz CT molecular complexity index is 871. The number of carbonyl (C=O) groups is 1. The van der Waals surface area contributed by atoms with Gasteiger partial charge in [-0.1, -0.05) is 66.2 Å². The Labute approximate surface area is 150 Å². The van der Waals surface area contributed by atoms with E-state index in [1.165, 1.54) is 33.4 Å². The van der Waals surface area contributed by atoms with Gasteiger partial charge in [-0.25, -0.2) is 0 Å². The third kappa shape index (κ3) is 2.50. The molecule has 4 rings (SSSR count). The van der Waals surface area contributed by atoms with Crippen molar-refractivity contribution in [3.8, 4) is 0 Å². The topological polar surface area (TPSA) is 17.1 Å². The molecule has 1 unspecified atom stereocenters. The van der Waals surface area contributed by atoms with Crippen LogP contribution in [-0.4, -0.2) is 5.78 Å². The zero-order chi connectivity index (χ0) is 17.4. The summed E-state index contributed by atoms with van der Waals surface area (Å²) in [5, 5.41) is 0. The van der Waals surface area contributed by atoms with Gasteiger partial charge in [0.15, 0.2) is 0 Å². The highest BCUT2D eigenvalue weighted by Gasteiger charge is 2.47. The van der Waals surface area contributed by atoms with Crippen molar-refractivity contribution in [2.75, 3.05) is 0 Å². The summed E-state index contributed by atoms with van der Waals surface area (Å²) in [7, 11) is 0. The van der Waals surface area contributed by atoms with Crippen molar-refractivity contribution in [3.05, 3.63) is 82.9 Å². The number of carbonyl (C=O) groups excluding carboxylic acids is 1. The number of ketones is 1. The molecule has 1 fully saturated rings. The maximum atomic E-state index is 12.5. The average molecular weight is 328 g/mol. The highest BCUT2D eigenvalue weighted by molar-refractivity contribution is 6.06. The van der Waals surface area contributed by atoms with Crippen LogP contribution in [0.1, 0.15) is 50.7 Å². The summed E-state index contributed by atoms with van der Waals surface area (Å²) < 4.78 is 0. The van der Waals surface area contributed by atoms with Crippen molar-refractivity contribution in [2.45, 2.75) is 39.5 Å². The lowest BCUT2D eigenvalue weighted by atomic mass is 9.64. The average Bonchev–Trinajstić information content (AvgIpc) is 2.85. The zero-order valence-corrected chi connectivity index (χ0v) is 15.0. The van der Waals surface area contributed by atoms with Gasteiger partial charge in [0.25, 0.3) is 0 Å². The number of rotatable bonds is 2. The molecule has 1 spiro atoms. The summed E-state index contributed by atoms with van der Waals surface area (Å²) in [6.07, 6.45) is 3.44. The van der Waals surface area contributed by atoms with Crippen LogP contribution in [0.3, 0.4) is 0 Å². The Kier molecular flexibility index (Phi) is 3.95. The Hall–Kier alpha value is -2.41. The standard InChI is InChI=1S/C24H24O/c1-17-18(2)24(15-9-14-21(25)16-24)23(20-12-7-4-8-13-20)22(17)19-10-5-3-6-11-19/h3-8,10-13H,9,14-16H2,1-2H3. The van der Waals surface area contributed by atoms with Crippen LogP contribution in [0.15, 0.2) is 71.8 Å². The first-order valence-electron chi connectivity index (χ1n) is 9.19. The van der Waals surface area contributed by atoms with Crippen LogP contribution in [0.5, 0.6) is 0 Å². The second-order valence-electron chi connectivity index (χ2n) is 7.38. The van der Waals surface area contributed by atoms with Crippen molar-refractivity contribution < 1.29 is 4.79 Å². The van der Waals surface area contributed by atoms with Gasteiger partial charge in [0, 0.05) is 18.3 Å². The number of Topliss-reactive ketones (excluding diaryl/α,β-unsaturated/α-hetero) is 1. The normalized spacial score (nSPS) is 23.7. The molecule has 0 heterocycles. The third-order valence-electron chi connectivity index (χ3n) is 6.07. The van der Waals surface area contributed by atoms with E-state index in [9.17, 15) is 4.79 Å². The highest BCUT2D eigenvalue weighted by Crippen LogP contribution is 2.60. The minimum atomic E-state index is -0.119. The maximum absolute atomic E-state index is 12.5. The van der Waals surface area contributed by atoms with Gasteiger partial charge in [-0.2, -0.15) is 0 Å². The van der Waals surface area contributed by atoms with E-state index >= 15 is 0 Å². The highest BCUT2D eigenvalue weighted by atomic mass is 16.1. The zero-order valence-electron chi connectivity index (χ0n) is 15.0. The van der Waals surface area contributed by atoms with Crippen molar-refractivity contribution in [1.82, 2.24) is 0 Å². The van der Waals surface area contributed by atoms with E-state index in [1.54, 1.807) is 0 Å². The molecule has 0 radical (unpaired) electrons. The minimum Gasteiger partial charge on any atom is -0.300 e. The van der Waals surface area contributed by atoms with Gasteiger partial charge in [-0.05, 0) is 54.5 Å². The molecule has 1 saturated carbocycles. The van der Waals surface area contributed by atoms with E-state index in [4.69, 9.17) is 0 Å². The first-order chi connectivity index (χ1) is 12.1. The number of allylic oxidation sites excluding steroid dienone is 4. The molecule has 25 heavy (non-hydrogen) atoms. The van der Waals surface area contributed by atoms with Crippen molar-refractivity contribution in [1.29, 1.82) is 0 Å². The molecule has 0 aromatic heterocycles. The molecule has 2 aromatic carbocycles. The van der Waals surface area contributed by atoms with Crippen LogP contribution in [0, 0.1) is 5.41 Å². The van der Waals surface area contributed by atoms with Gasteiger partial charge >= 0.3 is 0 Å². The lowest BCUT2D eigenvalue weighted by Crippen LogP contribution is -2.30. The Morgan fingerprint density at radius 1 is 0.840 bits per heavy atom. The monoisotopic (exact) mass is 328 g/mol. The maximum Gasteiger partial charge on any atom is 0.134 e. The Morgan fingerprint density at radius 2 is 1.44 bits per heavy atom. The van der Waals surface area contributed by atoms with Crippen molar-refractivity contribution in [2.24, 2.45) is 5.41 Å². The predicted molar refractivity (Wildman–Crippen MR) is 104 cm³/mol. The lowest BCUT2D eigenvalue weighted by molar-refractivity contribution is -0.122. The second-order valence-corrected chi connectivity index (χ2v) is 7.38. The fraction of sp³-hybridized carbons (Fsp3) is 0.292. The van der Waals surface area contributed by atoms with Crippen LogP contribution < -0.4 is 0 Å². The fourth-order valence-corrected chi connectivity index (χ4v) is 4.79. The van der Waals surface area contributed by atoms with Gasteiger partial charge < -0.3 is 0 Å². The van der Waals surface area contributed by atoms with Gasteiger partial charge in [0.2, 0.25) is 0 Å². The summed E-state index contributed by atoms with van der Waals surface area (Å²) >= 11 is 0. The van der Waals surface area contributed by atoms with E-state index in [0.717, 1.165) is 19.3 Å². The Morgan fingerprint density at radius 3 is 2.04 bits per heavy atom. The molecular weight excluding hydrogens is 304 g/mol. The first-order valence-corrected chi connectivity index (χ1v) is 9.19. The van der Waals surface area contributed by atoms with Gasteiger partial charge in [-0.15, -0.1) is 0 Å². The summed E-state index contributed by atoms with van der Waals surface area (Å²) in [5.41, 5.74) is 7.83. The smallest absolute Gasteiger partial charge is 0.134 e. The second kappa shape index (κ2) is 6.15. The van der Waals surface area contributed by atoms with Crippen molar-refractivity contribution >= 4 is 16.9 Å². The van der Waals surface area contributed by atoms with E-state index in [2.05, 4.69) is 74.5 Å². The van der Waals surface area contributed by atoms with Gasteiger partial charge in [0.05, 0.1) is 0 Å². The summed E-state index contributed by atoms with van der Waals surface area (Å²) in [5.74, 6) is 0.404. The molecule has 1 nitrogen and oxygen atoms in total. The largest absolute Gasteiger partial charge is 0.300 e. The number of benzene rings is 2. The van der Waals surface area contributed by atoms with E-state index in [-0.39, 0.29) is 5.41 Å². The minimum absolute atomic E-state index is 0.119. The summed E-state index contributed by atoms with van der Waals surface area (Å²) in [4.78, 5) is 12.5. The van der Waals surface area contributed by atoms with Crippen LogP contribution in [0.4, 0.5) is 0 Å².